The molecule has 0 N–H and O–H groups in total. The van der Waals surface area contributed by atoms with Crippen molar-refractivity contribution in [2.75, 3.05) is 0 Å². The summed E-state index contributed by atoms with van der Waals surface area (Å²) in [6.45, 7) is 0. The molecule has 0 radical (unpaired) electrons. The zero-order valence-electron chi connectivity index (χ0n) is 29.8. The van der Waals surface area contributed by atoms with Gasteiger partial charge in [-0.05, 0) is 77.9 Å². The van der Waals surface area contributed by atoms with Crippen molar-refractivity contribution in [2.45, 2.75) is 0 Å². The second-order valence-electron chi connectivity index (χ2n) is 14.5. The van der Waals surface area contributed by atoms with Crippen molar-refractivity contribution in [1.82, 2.24) is 28.5 Å². The quantitative estimate of drug-likeness (QED) is 0.183. The van der Waals surface area contributed by atoms with Crippen molar-refractivity contribution in [3.8, 4) is 22.5 Å². The molecule has 6 aromatic carbocycles. The van der Waals surface area contributed by atoms with Crippen LogP contribution in [0.3, 0.4) is 0 Å². The van der Waals surface area contributed by atoms with Crippen molar-refractivity contribution in [3.63, 3.8) is 0 Å². The van der Waals surface area contributed by atoms with Gasteiger partial charge in [-0.25, -0.2) is 4.98 Å². The van der Waals surface area contributed by atoms with Gasteiger partial charge < -0.3 is 13.6 Å². The van der Waals surface area contributed by atoms with Gasteiger partial charge in [-0.3, -0.25) is 14.4 Å². The first kappa shape index (κ1) is 29.7. The number of rotatable bonds is 3. The topological polar surface area (TPSA) is 66.1 Å². The first-order valence-electron chi connectivity index (χ1n) is 18.8. The molecule has 7 heteroatoms. The van der Waals surface area contributed by atoms with Gasteiger partial charge in [0.25, 0.3) is 0 Å². The number of nitrogens with zero attached hydrogens (tertiary/aromatic N) is 6. The highest BCUT2D eigenvalue weighted by molar-refractivity contribution is 6.19. The Labute approximate surface area is 317 Å². The fraction of sp³-hybridized carbons (Fsp3) is 0. The van der Waals surface area contributed by atoms with Crippen molar-refractivity contribution in [2.24, 2.45) is 0 Å². The minimum absolute atomic E-state index is 0.834. The molecule has 0 aliphatic heterocycles. The van der Waals surface area contributed by atoms with Gasteiger partial charge in [0.2, 0.25) is 0 Å². The molecule has 0 aliphatic carbocycles. The molecule has 0 saturated carbocycles. The predicted molar refractivity (Wildman–Crippen MR) is 227 cm³/mol. The largest absolute Gasteiger partial charge is 0.454 e. The van der Waals surface area contributed by atoms with Gasteiger partial charge in [-0.2, -0.15) is 0 Å². The van der Waals surface area contributed by atoms with Gasteiger partial charge in [0.15, 0.2) is 5.58 Å². The fourth-order valence-corrected chi connectivity index (χ4v) is 9.19. The van der Waals surface area contributed by atoms with Gasteiger partial charge in [0.1, 0.15) is 16.7 Å². The van der Waals surface area contributed by atoms with Gasteiger partial charge in [0.05, 0.1) is 33.1 Å². The number of fused-ring (bicyclic) bond motifs is 16. The highest BCUT2D eigenvalue weighted by atomic mass is 16.3. The van der Waals surface area contributed by atoms with E-state index in [9.17, 15) is 0 Å². The van der Waals surface area contributed by atoms with Crippen LogP contribution in [0.4, 0.5) is 0 Å². The fourth-order valence-electron chi connectivity index (χ4n) is 9.19. The lowest BCUT2D eigenvalue weighted by Crippen LogP contribution is -2.00. The summed E-state index contributed by atoms with van der Waals surface area (Å²) in [5.41, 5.74) is 14.4. The molecular formula is C49H28N6O. The Morgan fingerprint density at radius 2 is 1.00 bits per heavy atom. The van der Waals surface area contributed by atoms with Crippen LogP contribution in [0.1, 0.15) is 0 Å². The smallest absolute Gasteiger partial charge is 0.160 e. The van der Waals surface area contributed by atoms with Crippen molar-refractivity contribution >= 4 is 93.1 Å². The number of benzene rings is 6. The third-order valence-electron chi connectivity index (χ3n) is 11.6. The predicted octanol–water partition coefficient (Wildman–Crippen LogP) is 12.2. The summed E-state index contributed by atoms with van der Waals surface area (Å²) in [5, 5.41) is 7.72. The van der Waals surface area contributed by atoms with Crippen LogP contribution in [0, 0.1) is 0 Å². The van der Waals surface area contributed by atoms with Crippen LogP contribution >= 0.6 is 0 Å². The molecule has 0 unspecified atom stereocenters. The van der Waals surface area contributed by atoms with Crippen molar-refractivity contribution in [1.29, 1.82) is 0 Å². The Morgan fingerprint density at radius 3 is 1.68 bits per heavy atom. The van der Waals surface area contributed by atoms with Crippen molar-refractivity contribution < 1.29 is 4.42 Å². The van der Waals surface area contributed by atoms with Crippen LogP contribution in [-0.2, 0) is 0 Å². The number of para-hydroxylation sites is 4. The summed E-state index contributed by atoms with van der Waals surface area (Å²) in [7, 11) is 0. The average Bonchev–Trinajstić information content (AvgIpc) is 4.01. The van der Waals surface area contributed by atoms with E-state index in [0.717, 1.165) is 105 Å². The van der Waals surface area contributed by atoms with Crippen LogP contribution in [0.15, 0.2) is 175 Å². The number of imidazole rings is 1. The first-order chi connectivity index (χ1) is 27.8. The van der Waals surface area contributed by atoms with E-state index >= 15 is 0 Å². The number of hydrogen-bond acceptors (Lipinski definition) is 4. The van der Waals surface area contributed by atoms with Gasteiger partial charge in [0, 0.05) is 73.9 Å². The summed E-state index contributed by atoms with van der Waals surface area (Å²) < 4.78 is 13.8. The highest BCUT2D eigenvalue weighted by Gasteiger charge is 2.21. The summed E-state index contributed by atoms with van der Waals surface area (Å²) >= 11 is 0. The normalized spacial score (nSPS) is 12.3. The van der Waals surface area contributed by atoms with E-state index in [1.165, 1.54) is 10.8 Å². The van der Waals surface area contributed by atoms with E-state index < -0.39 is 0 Å². The molecule has 0 spiro atoms. The Balaban J connectivity index is 1.15. The maximum atomic E-state index is 6.77. The second kappa shape index (κ2) is 10.9. The van der Waals surface area contributed by atoms with Crippen LogP contribution in [0.2, 0.25) is 0 Å². The lowest BCUT2D eigenvalue weighted by atomic mass is 10.0. The SMILES string of the molecule is c1ccc2c(c1)nc1c3ccccc3c3oc4ccc(-c5cc(-n6c7ccccc7c7cnccc76)cc(-n6c7ccccc7c7cnccc76)c5)cc4c3n21. The van der Waals surface area contributed by atoms with Crippen LogP contribution in [0.25, 0.3) is 116 Å². The van der Waals surface area contributed by atoms with E-state index in [4.69, 9.17) is 9.40 Å². The Bertz CT molecular complexity index is 3550. The third kappa shape index (κ3) is 3.92. The molecule has 0 aliphatic rings. The summed E-state index contributed by atoms with van der Waals surface area (Å²) in [4.78, 5) is 14.2. The minimum atomic E-state index is 0.834. The number of pyridine rings is 3. The molecule has 0 saturated heterocycles. The van der Waals surface area contributed by atoms with Gasteiger partial charge >= 0.3 is 0 Å². The molecule has 0 bridgehead atoms. The number of aromatic nitrogens is 6. The van der Waals surface area contributed by atoms with Gasteiger partial charge in [-0.1, -0.05) is 78.9 Å². The minimum Gasteiger partial charge on any atom is -0.454 e. The molecular weight excluding hydrogens is 689 g/mol. The monoisotopic (exact) mass is 716 g/mol. The molecule has 0 atom stereocenters. The summed E-state index contributed by atoms with van der Waals surface area (Å²) in [5.74, 6) is 0. The van der Waals surface area contributed by atoms with E-state index in [-0.39, 0.29) is 0 Å². The lowest BCUT2D eigenvalue weighted by Gasteiger charge is -2.16. The van der Waals surface area contributed by atoms with E-state index in [2.05, 4.69) is 163 Å². The van der Waals surface area contributed by atoms with Crippen LogP contribution < -0.4 is 0 Å². The van der Waals surface area contributed by atoms with Crippen LogP contribution in [-0.4, -0.2) is 28.5 Å². The molecule has 0 fully saturated rings. The molecule has 0 amide bonds. The molecule has 13 rings (SSSR count). The van der Waals surface area contributed by atoms with Gasteiger partial charge in [-0.15, -0.1) is 0 Å². The standard InChI is InChI=1S/C49H28N6O/c1-2-12-36-35(11-1)48-47(55-45-16-8-5-13-40(45)52-49(36)55)37-25-29(17-18-46(37)56-48)30-23-31(53-41-14-6-3-9-33(41)38-27-50-21-19-43(38)53)26-32(24-30)54-42-15-7-4-10-34(42)39-28-51-22-20-44(39)54/h1-28H. The molecule has 13 aromatic rings. The summed E-state index contributed by atoms with van der Waals surface area (Å²) in [6.07, 6.45) is 7.71. The van der Waals surface area contributed by atoms with E-state index in [1.807, 2.05) is 30.9 Å². The first-order valence-corrected chi connectivity index (χ1v) is 18.8. The molecule has 7 heterocycles. The Hall–Kier alpha value is -7.77. The van der Waals surface area contributed by atoms with E-state index in [1.54, 1.807) is 0 Å². The number of furan rings is 1. The second-order valence-corrected chi connectivity index (χ2v) is 14.5. The van der Waals surface area contributed by atoms with Crippen molar-refractivity contribution in [3.05, 3.63) is 170 Å². The summed E-state index contributed by atoms with van der Waals surface area (Å²) in [6, 6.07) is 51.7. The zero-order chi connectivity index (χ0) is 36.5. The molecule has 7 aromatic heterocycles. The third-order valence-corrected chi connectivity index (χ3v) is 11.6. The molecule has 7 nitrogen and oxygen atoms in total. The Kier molecular flexibility index (Phi) is 5.77. The maximum Gasteiger partial charge on any atom is 0.160 e. The zero-order valence-corrected chi connectivity index (χ0v) is 29.8. The molecule has 260 valence electrons. The molecule has 56 heavy (non-hydrogen) atoms. The van der Waals surface area contributed by atoms with Crippen LogP contribution in [0.5, 0.6) is 0 Å². The average molecular weight is 717 g/mol. The van der Waals surface area contributed by atoms with E-state index in [0.29, 0.717) is 0 Å². The lowest BCUT2D eigenvalue weighted by molar-refractivity contribution is 0.672. The number of hydrogen-bond donors (Lipinski definition) is 0. The maximum absolute atomic E-state index is 6.77. The Morgan fingerprint density at radius 1 is 0.429 bits per heavy atom. The highest BCUT2D eigenvalue weighted by Crippen LogP contribution is 2.41.